The van der Waals surface area contributed by atoms with Crippen LogP contribution in [0.5, 0.6) is 6.01 Å². The number of hydrogen-bond acceptors (Lipinski definition) is 4. The predicted octanol–water partition coefficient (Wildman–Crippen LogP) is 5.01. The van der Waals surface area contributed by atoms with Gasteiger partial charge >= 0.3 is 0 Å². The topological polar surface area (TPSA) is 49.2 Å². The van der Waals surface area contributed by atoms with Crippen LogP contribution in [-0.2, 0) is 4.74 Å². The van der Waals surface area contributed by atoms with E-state index in [1.54, 1.807) is 32.5 Å². The zero-order valence-corrected chi connectivity index (χ0v) is 15.8. The molecule has 0 aliphatic heterocycles. The number of benzene rings is 1. The van der Waals surface area contributed by atoms with Gasteiger partial charge in [0.1, 0.15) is 5.52 Å². The second kappa shape index (κ2) is 7.60. The van der Waals surface area contributed by atoms with Gasteiger partial charge in [-0.3, -0.25) is 9.55 Å². The third kappa shape index (κ3) is 3.32. The maximum absolute atomic E-state index is 6.37. The Morgan fingerprint density at radius 3 is 2.64 bits per heavy atom. The van der Waals surface area contributed by atoms with E-state index >= 15 is 0 Å². The second-order valence-electron chi connectivity index (χ2n) is 5.64. The number of methoxy groups -OCH3 is 2. The number of nitrogens with zero attached hydrogens (tertiary/aromatic N) is 3. The molecular formula is C18H19Cl2N3O2. The quantitative estimate of drug-likeness (QED) is 0.603. The molecule has 0 saturated carbocycles. The highest BCUT2D eigenvalue weighted by molar-refractivity contribution is 6.36. The summed E-state index contributed by atoms with van der Waals surface area (Å²) in [5.41, 5.74) is 3.14. The number of fused-ring (bicyclic) bond motifs is 1. The van der Waals surface area contributed by atoms with Gasteiger partial charge in [0.15, 0.2) is 0 Å². The summed E-state index contributed by atoms with van der Waals surface area (Å²) in [4.78, 5) is 9.15. The number of aromatic nitrogens is 3. The molecule has 1 aromatic carbocycles. The first-order chi connectivity index (χ1) is 12.1. The molecule has 3 rings (SSSR count). The van der Waals surface area contributed by atoms with Gasteiger partial charge in [0.05, 0.1) is 36.0 Å². The lowest BCUT2D eigenvalue weighted by molar-refractivity contribution is 0.149. The monoisotopic (exact) mass is 379 g/mol. The van der Waals surface area contributed by atoms with E-state index in [0.717, 1.165) is 23.0 Å². The van der Waals surface area contributed by atoms with Crippen molar-refractivity contribution in [3.63, 3.8) is 0 Å². The van der Waals surface area contributed by atoms with E-state index in [1.807, 2.05) is 16.7 Å². The lowest BCUT2D eigenvalue weighted by Gasteiger charge is -2.18. The molecule has 2 heterocycles. The van der Waals surface area contributed by atoms with Crippen molar-refractivity contribution >= 4 is 34.2 Å². The Hall–Kier alpha value is -1.82. The summed E-state index contributed by atoms with van der Waals surface area (Å²) in [7, 11) is 3.30. The summed E-state index contributed by atoms with van der Waals surface area (Å²) in [5.74, 6) is 0. The minimum absolute atomic E-state index is 0.112. The van der Waals surface area contributed by atoms with Crippen molar-refractivity contribution in [2.75, 3.05) is 20.8 Å². The molecule has 5 nitrogen and oxygen atoms in total. The Kier molecular flexibility index (Phi) is 5.47. The summed E-state index contributed by atoms with van der Waals surface area (Å²) in [6, 6.07) is 7.91. The van der Waals surface area contributed by atoms with Crippen LogP contribution in [0.2, 0.25) is 10.0 Å². The fourth-order valence-electron chi connectivity index (χ4n) is 2.94. The number of halogens is 2. The van der Waals surface area contributed by atoms with Crippen LogP contribution in [-0.4, -0.2) is 35.4 Å². The lowest BCUT2D eigenvalue weighted by atomic mass is 10.1. The number of rotatable bonds is 6. The maximum atomic E-state index is 6.37. The summed E-state index contributed by atoms with van der Waals surface area (Å²) in [5, 5.41) is 1.11. The zero-order valence-electron chi connectivity index (χ0n) is 14.3. The van der Waals surface area contributed by atoms with Crippen LogP contribution in [0.1, 0.15) is 19.4 Å². The summed E-state index contributed by atoms with van der Waals surface area (Å²) in [6.45, 7) is 2.67. The highest BCUT2D eigenvalue weighted by Crippen LogP contribution is 2.36. The first-order valence-corrected chi connectivity index (χ1v) is 8.71. The van der Waals surface area contributed by atoms with Crippen molar-refractivity contribution in [2.45, 2.75) is 19.4 Å². The van der Waals surface area contributed by atoms with E-state index in [-0.39, 0.29) is 6.04 Å². The molecule has 0 fully saturated rings. The van der Waals surface area contributed by atoms with E-state index in [2.05, 4.69) is 16.9 Å². The van der Waals surface area contributed by atoms with Gasteiger partial charge in [-0.05, 0) is 30.7 Å². The fraction of sp³-hybridized carbons (Fsp3) is 0.333. The number of pyridine rings is 1. The van der Waals surface area contributed by atoms with Gasteiger partial charge in [-0.15, -0.1) is 0 Å². The zero-order chi connectivity index (χ0) is 18.0. The van der Waals surface area contributed by atoms with E-state index in [4.69, 9.17) is 32.7 Å². The molecule has 25 heavy (non-hydrogen) atoms. The first-order valence-electron chi connectivity index (χ1n) is 7.96. The molecule has 132 valence electrons. The Bertz CT molecular complexity index is 895. The molecule has 0 saturated heterocycles. The molecule has 0 aliphatic carbocycles. The number of hydrogen-bond donors (Lipinski definition) is 0. The predicted molar refractivity (Wildman–Crippen MR) is 101 cm³/mol. The van der Waals surface area contributed by atoms with Crippen molar-refractivity contribution in [1.29, 1.82) is 0 Å². The SMILES string of the molecule is CCC(COC)n1c(OC)nc2c(-c3ccc(Cl)cc3Cl)nccc21. The molecule has 3 aromatic rings. The van der Waals surface area contributed by atoms with Crippen LogP contribution in [0.25, 0.3) is 22.3 Å². The van der Waals surface area contributed by atoms with Crippen LogP contribution in [0.15, 0.2) is 30.5 Å². The minimum Gasteiger partial charge on any atom is -0.468 e. The molecular weight excluding hydrogens is 361 g/mol. The highest BCUT2D eigenvalue weighted by atomic mass is 35.5. The molecule has 0 bridgehead atoms. The first kappa shape index (κ1) is 18.0. The largest absolute Gasteiger partial charge is 0.468 e. The second-order valence-corrected chi connectivity index (χ2v) is 6.48. The number of ether oxygens (including phenoxy) is 2. The molecule has 1 atom stereocenters. The van der Waals surface area contributed by atoms with Crippen LogP contribution < -0.4 is 4.74 Å². The third-order valence-electron chi connectivity index (χ3n) is 4.14. The van der Waals surface area contributed by atoms with Gasteiger partial charge in [-0.1, -0.05) is 30.1 Å². The minimum atomic E-state index is 0.112. The fourth-order valence-corrected chi connectivity index (χ4v) is 3.44. The average molecular weight is 380 g/mol. The Labute approximate surface area is 156 Å². The van der Waals surface area contributed by atoms with Gasteiger partial charge in [0.2, 0.25) is 0 Å². The van der Waals surface area contributed by atoms with Crippen LogP contribution in [0.3, 0.4) is 0 Å². The highest BCUT2D eigenvalue weighted by Gasteiger charge is 2.22. The Balaban J connectivity index is 2.25. The summed E-state index contributed by atoms with van der Waals surface area (Å²) >= 11 is 12.4. The molecule has 0 N–H and O–H groups in total. The summed E-state index contributed by atoms with van der Waals surface area (Å²) < 4.78 is 12.9. The van der Waals surface area contributed by atoms with Crippen molar-refractivity contribution in [3.8, 4) is 17.3 Å². The Morgan fingerprint density at radius 2 is 2.00 bits per heavy atom. The van der Waals surface area contributed by atoms with Crippen LogP contribution >= 0.6 is 23.2 Å². The summed E-state index contributed by atoms with van der Waals surface area (Å²) in [6.07, 6.45) is 2.63. The van der Waals surface area contributed by atoms with E-state index < -0.39 is 0 Å². The van der Waals surface area contributed by atoms with Gasteiger partial charge < -0.3 is 9.47 Å². The van der Waals surface area contributed by atoms with E-state index in [1.165, 1.54) is 0 Å². The molecule has 0 aliphatic rings. The van der Waals surface area contributed by atoms with Crippen molar-refractivity contribution in [1.82, 2.24) is 14.5 Å². The standard InChI is InChI=1S/C18H19Cl2N3O2/c1-4-12(10-24-2)23-15-7-8-21-16(17(15)22-18(23)25-3)13-6-5-11(19)9-14(13)20/h5-9,12H,4,10H2,1-3H3. The molecule has 7 heteroatoms. The van der Waals surface area contributed by atoms with Crippen molar-refractivity contribution < 1.29 is 9.47 Å². The Morgan fingerprint density at radius 1 is 1.20 bits per heavy atom. The number of imidazole rings is 1. The van der Waals surface area contributed by atoms with Crippen LogP contribution in [0.4, 0.5) is 0 Å². The lowest BCUT2D eigenvalue weighted by Crippen LogP contribution is -2.14. The van der Waals surface area contributed by atoms with Gasteiger partial charge in [0.25, 0.3) is 6.01 Å². The maximum Gasteiger partial charge on any atom is 0.297 e. The molecule has 2 aromatic heterocycles. The van der Waals surface area contributed by atoms with Gasteiger partial charge in [-0.25, -0.2) is 0 Å². The van der Waals surface area contributed by atoms with Crippen molar-refractivity contribution in [3.05, 3.63) is 40.5 Å². The van der Waals surface area contributed by atoms with Crippen LogP contribution in [0, 0.1) is 0 Å². The van der Waals surface area contributed by atoms with E-state index in [0.29, 0.717) is 28.4 Å². The molecule has 0 amide bonds. The third-order valence-corrected chi connectivity index (χ3v) is 4.69. The van der Waals surface area contributed by atoms with E-state index in [9.17, 15) is 0 Å². The normalized spacial score (nSPS) is 12.5. The average Bonchev–Trinajstić information content (AvgIpc) is 2.98. The molecule has 0 spiro atoms. The molecule has 1 unspecified atom stereocenters. The van der Waals surface area contributed by atoms with Crippen molar-refractivity contribution in [2.24, 2.45) is 0 Å². The van der Waals surface area contributed by atoms with Gasteiger partial charge in [0, 0.05) is 23.9 Å². The molecule has 0 radical (unpaired) electrons. The van der Waals surface area contributed by atoms with Gasteiger partial charge in [-0.2, -0.15) is 4.98 Å². The smallest absolute Gasteiger partial charge is 0.297 e.